The molecule has 374 valence electrons. The lowest BCUT2D eigenvalue weighted by Gasteiger charge is -2.18. The molecular formula is C59H108O5. The van der Waals surface area contributed by atoms with E-state index in [9.17, 15) is 9.59 Å². The minimum absolute atomic E-state index is 0.0822. The van der Waals surface area contributed by atoms with E-state index < -0.39 is 6.10 Å². The fourth-order valence-electron chi connectivity index (χ4n) is 8.10. The molecule has 0 saturated heterocycles. The maximum atomic E-state index is 12.8. The van der Waals surface area contributed by atoms with Gasteiger partial charge in [0.2, 0.25) is 0 Å². The minimum Gasteiger partial charge on any atom is -0.462 e. The average Bonchev–Trinajstić information content (AvgIpc) is 3.30. The van der Waals surface area contributed by atoms with Gasteiger partial charge in [0.15, 0.2) is 6.10 Å². The van der Waals surface area contributed by atoms with Gasteiger partial charge < -0.3 is 14.2 Å². The zero-order valence-corrected chi connectivity index (χ0v) is 43.1. The van der Waals surface area contributed by atoms with E-state index in [-0.39, 0.29) is 25.2 Å². The highest BCUT2D eigenvalue weighted by atomic mass is 16.6. The van der Waals surface area contributed by atoms with Crippen LogP contribution in [0.3, 0.4) is 0 Å². The highest BCUT2D eigenvalue weighted by Crippen LogP contribution is 2.16. The minimum atomic E-state index is -0.540. The van der Waals surface area contributed by atoms with Crippen molar-refractivity contribution in [2.24, 2.45) is 0 Å². The van der Waals surface area contributed by atoms with E-state index in [0.717, 1.165) is 51.4 Å². The Bertz CT molecular complexity index is 1060. The molecule has 0 aliphatic carbocycles. The summed E-state index contributed by atoms with van der Waals surface area (Å²) in [5, 5.41) is 0. The summed E-state index contributed by atoms with van der Waals surface area (Å²) in [4.78, 5) is 25.5. The number of esters is 2. The lowest BCUT2D eigenvalue weighted by molar-refractivity contribution is -0.163. The van der Waals surface area contributed by atoms with Crippen molar-refractivity contribution in [3.63, 3.8) is 0 Å². The predicted octanol–water partition coefficient (Wildman–Crippen LogP) is 19.1. The lowest BCUT2D eigenvalue weighted by atomic mass is 10.0. The Labute approximate surface area is 399 Å². The molecule has 0 aliphatic rings. The van der Waals surface area contributed by atoms with Gasteiger partial charge >= 0.3 is 11.9 Å². The number of rotatable bonds is 52. The van der Waals surface area contributed by atoms with Crippen molar-refractivity contribution in [1.29, 1.82) is 0 Å². The van der Waals surface area contributed by atoms with Crippen LogP contribution in [0.15, 0.2) is 48.6 Å². The molecule has 64 heavy (non-hydrogen) atoms. The fourth-order valence-corrected chi connectivity index (χ4v) is 8.10. The summed E-state index contributed by atoms with van der Waals surface area (Å²) >= 11 is 0. The molecule has 0 amide bonds. The number of unbranched alkanes of at least 4 members (excludes halogenated alkanes) is 33. The van der Waals surface area contributed by atoms with Gasteiger partial charge in [-0.2, -0.15) is 0 Å². The zero-order valence-electron chi connectivity index (χ0n) is 43.1. The van der Waals surface area contributed by atoms with Crippen LogP contribution in [0, 0.1) is 0 Å². The van der Waals surface area contributed by atoms with Gasteiger partial charge in [0.05, 0.1) is 6.61 Å². The molecular weight excluding hydrogens is 789 g/mol. The Hall–Kier alpha value is -2.14. The predicted molar refractivity (Wildman–Crippen MR) is 279 cm³/mol. The third-order valence-corrected chi connectivity index (χ3v) is 12.3. The van der Waals surface area contributed by atoms with Crippen LogP contribution in [0.1, 0.15) is 290 Å². The highest BCUT2D eigenvalue weighted by molar-refractivity contribution is 5.70. The van der Waals surface area contributed by atoms with Crippen LogP contribution in [-0.4, -0.2) is 37.9 Å². The Morgan fingerprint density at radius 1 is 0.344 bits per heavy atom. The van der Waals surface area contributed by atoms with Gasteiger partial charge in [-0.05, 0) is 83.5 Å². The number of carbonyl (C=O) groups is 2. The fraction of sp³-hybridized carbons (Fsp3) is 0.831. The van der Waals surface area contributed by atoms with Crippen LogP contribution in [0.4, 0.5) is 0 Å². The summed E-state index contributed by atoms with van der Waals surface area (Å²) in [6.45, 7) is 7.79. The first kappa shape index (κ1) is 61.9. The summed E-state index contributed by atoms with van der Waals surface area (Å²) in [5.74, 6) is -0.394. The molecule has 0 radical (unpaired) electrons. The molecule has 0 aromatic heterocycles. The summed E-state index contributed by atoms with van der Waals surface area (Å²) < 4.78 is 17.5. The lowest BCUT2D eigenvalue weighted by Crippen LogP contribution is -2.30. The van der Waals surface area contributed by atoms with Gasteiger partial charge in [0.1, 0.15) is 6.61 Å². The van der Waals surface area contributed by atoms with E-state index in [0.29, 0.717) is 19.4 Å². The van der Waals surface area contributed by atoms with Crippen molar-refractivity contribution in [3.05, 3.63) is 48.6 Å². The highest BCUT2D eigenvalue weighted by Gasteiger charge is 2.17. The van der Waals surface area contributed by atoms with E-state index in [1.54, 1.807) is 0 Å². The molecule has 0 aliphatic heterocycles. The van der Waals surface area contributed by atoms with E-state index in [4.69, 9.17) is 14.2 Å². The standard InChI is InChI=1S/C59H108O5/c1-4-7-10-13-16-19-22-25-27-29-30-31-32-35-37-40-43-46-49-52-58(60)63-56-57(64-59(61)53-50-47-44-41-38-34-24-21-18-15-12-9-6-3)55-62-54-51-48-45-42-39-36-33-28-26-23-20-17-14-11-8-5-2/h16-17,19-20,25-28,57H,4-15,18,21-24,29-56H2,1-3H3/b19-16-,20-17-,27-25-,28-26-. The molecule has 0 heterocycles. The summed E-state index contributed by atoms with van der Waals surface area (Å²) in [5.41, 5.74) is 0. The van der Waals surface area contributed by atoms with Gasteiger partial charge in [0.25, 0.3) is 0 Å². The smallest absolute Gasteiger partial charge is 0.306 e. The van der Waals surface area contributed by atoms with Crippen molar-refractivity contribution < 1.29 is 23.8 Å². The van der Waals surface area contributed by atoms with E-state index in [1.165, 1.54) is 205 Å². The molecule has 5 heteroatoms. The first-order chi connectivity index (χ1) is 31.6. The maximum Gasteiger partial charge on any atom is 0.306 e. The zero-order chi connectivity index (χ0) is 46.3. The van der Waals surface area contributed by atoms with Crippen molar-refractivity contribution in [1.82, 2.24) is 0 Å². The summed E-state index contributed by atoms with van der Waals surface area (Å²) in [6, 6.07) is 0. The number of carbonyl (C=O) groups excluding carboxylic acids is 2. The van der Waals surface area contributed by atoms with E-state index in [1.807, 2.05) is 0 Å². The van der Waals surface area contributed by atoms with Crippen LogP contribution >= 0.6 is 0 Å². The second-order valence-electron chi connectivity index (χ2n) is 18.8. The number of hydrogen-bond donors (Lipinski definition) is 0. The molecule has 5 nitrogen and oxygen atoms in total. The van der Waals surface area contributed by atoms with Gasteiger partial charge in [-0.25, -0.2) is 0 Å². The summed E-state index contributed by atoms with van der Waals surface area (Å²) in [6.07, 6.45) is 68.3. The molecule has 0 bridgehead atoms. The number of hydrogen-bond acceptors (Lipinski definition) is 5. The molecule has 0 rings (SSSR count). The Balaban J connectivity index is 4.24. The third-order valence-electron chi connectivity index (χ3n) is 12.3. The van der Waals surface area contributed by atoms with Gasteiger partial charge in [-0.15, -0.1) is 0 Å². The first-order valence-electron chi connectivity index (χ1n) is 28.2. The molecule has 1 unspecified atom stereocenters. The maximum absolute atomic E-state index is 12.8. The SMILES string of the molecule is CCCCC/C=C\C/C=C\CCCCCCCCCCCC(=O)OCC(COCCCCCCCC/C=C\C/C=C\CCCCC)OC(=O)CCCCCCCCCCCCCCC. The average molecular weight is 898 g/mol. The van der Waals surface area contributed by atoms with Crippen LogP contribution in [-0.2, 0) is 23.8 Å². The Morgan fingerprint density at radius 3 is 1.06 bits per heavy atom. The molecule has 0 fully saturated rings. The molecule has 0 spiro atoms. The molecule has 1 atom stereocenters. The second kappa shape index (κ2) is 55.2. The number of allylic oxidation sites excluding steroid dienone is 8. The van der Waals surface area contributed by atoms with Crippen molar-refractivity contribution in [2.75, 3.05) is 19.8 Å². The topological polar surface area (TPSA) is 61.8 Å². The van der Waals surface area contributed by atoms with E-state index >= 15 is 0 Å². The number of ether oxygens (including phenoxy) is 3. The van der Waals surface area contributed by atoms with Crippen LogP contribution < -0.4 is 0 Å². The van der Waals surface area contributed by atoms with Crippen LogP contribution in [0.5, 0.6) is 0 Å². The quantitative estimate of drug-likeness (QED) is 0.0346. The van der Waals surface area contributed by atoms with Gasteiger partial charge in [-0.1, -0.05) is 243 Å². The monoisotopic (exact) mass is 897 g/mol. The molecule has 0 N–H and O–H groups in total. The molecule has 0 saturated carbocycles. The molecule has 0 aromatic rings. The van der Waals surface area contributed by atoms with Crippen LogP contribution in [0.25, 0.3) is 0 Å². The first-order valence-corrected chi connectivity index (χ1v) is 28.2. The third kappa shape index (κ3) is 52.5. The van der Waals surface area contributed by atoms with Crippen molar-refractivity contribution in [2.45, 2.75) is 297 Å². The van der Waals surface area contributed by atoms with Crippen molar-refractivity contribution >= 4 is 11.9 Å². The molecule has 0 aromatic carbocycles. The van der Waals surface area contributed by atoms with Crippen LogP contribution in [0.2, 0.25) is 0 Å². The largest absolute Gasteiger partial charge is 0.462 e. The summed E-state index contributed by atoms with van der Waals surface area (Å²) in [7, 11) is 0. The second-order valence-corrected chi connectivity index (χ2v) is 18.8. The van der Waals surface area contributed by atoms with Gasteiger partial charge in [0, 0.05) is 19.4 Å². The van der Waals surface area contributed by atoms with E-state index in [2.05, 4.69) is 69.4 Å². The Kier molecular flexibility index (Phi) is 53.3. The van der Waals surface area contributed by atoms with Crippen molar-refractivity contribution in [3.8, 4) is 0 Å². The van der Waals surface area contributed by atoms with Gasteiger partial charge in [-0.3, -0.25) is 9.59 Å². The normalized spacial score (nSPS) is 12.5. The Morgan fingerprint density at radius 2 is 0.656 bits per heavy atom.